The van der Waals surface area contributed by atoms with E-state index >= 15 is 0 Å². The summed E-state index contributed by atoms with van der Waals surface area (Å²) in [5.41, 5.74) is 1.70. The van der Waals surface area contributed by atoms with E-state index in [0.29, 0.717) is 11.4 Å². The second-order valence-corrected chi connectivity index (χ2v) is 6.01. The number of benzene rings is 1. The van der Waals surface area contributed by atoms with E-state index in [4.69, 9.17) is 9.26 Å². The number of nitrogens with one attached hydrogen (secondary N) is 1. The molecule has 1 aliphatic rings. The molecule has 0 saturated carbocycles. The number of pyridine rings is 1. The van der Waals surface area contributed by atoms with Crippen LogP contribution in [0.3, 0.4) is 0 Å². The van der Waals surface area contributed by atoms with Gasteiger partial charge in [0.25, 0.3) is 5.91 Å². The first kappa shape index (κ1) is 16.3. The molecule has 0 unspecified atom stereocenters. The van der Waals surface area contributed by atoms with Gasteiger partial charge in [-0.3, -0.25) is 4.79 Å². The lowest BCUT2D eigenvalue weighted by Crippen LogP contribution is -2.15. The molecule has 1 aromatic carbocycles. The molecule has 7 heteroatoms. The van der Waals surface area contributed by atoms with Crippen LogP contribution in [0.4, 0.5) is 10.1 Å². The molecular weight excluding hydrogens is 337 g/mol. The molecule has 0 fully saturated rings. The third-order valence-electron chi connectivity index (χ3n) is 4.21. The van der Waals surface area contributed by atoms with E-state index in [9.17, 15) is 9.18 Å². The topological polar surface area (TPSA) is 77.2 Å². The monoisotopic (exact) mass is 353 g/mol. The van der Waals surface area contributed by atoms with Crippen molar-refractivity contribution in [1.29, 1.82) is 0 Å². The first-order valence-electron chi connectivity index (χ1n) is 8.38. The van der Waals surface area contributed by atoms with Crippen molar-refractivity contribution >= 4 is 11.6 Å². The number of carbonyl (C=O) groups is 1. The summed E-state index contributed by atoms with van der Waals surface area (Å²) in [5.74, 6) is 0.315. The summed E-state index contributed by atoms with van der Waals surface area (Å²) in [6.07, 6.45) is 5.14. The Hall–Kier alpha value is -3.22. The molecule has 0 saturated heterocycles. The Morgan fingerprint density at radius 1 is 1.15 bits per heavy atom. The van der Waals surface area contributed by atoms with Crippen molar-refractivity contribution < 1.29 is 18.4 Å². The molecule has 1 N–H and O–H groups in total. The summed E-state index contributed by atoms with van der Waals surface area (Å²) in [5, 5.41) is 6.65. The molecule has 26 heavy (non-hydrogen) atoms. The van der Waals surface area contributed by atoms with Gasteiger partial charge in [-0.15, -0.1) is 0 Å². The normalized spacial score (nSPS) is 13.1. The number of nitrogens with zero attached hydrogens (tertiary/aromatic N) is 2. The van der Waals surface area contributed by atoms with Gasteiger partial charge >= 0.3 is 0 Å². The second-order valence-electron chi connectivity index (χ2n) is 6.01. The van der Waals surface area contributed by atoms with Crippen molar-refractivity contribution in [3.05, 3.63) is 65.4 Å². The van der Waals surface area contributed by atoms with Gasteiger partial charge in [0.05, 0.1) is 11.9 Å². The molecule has 0 spiro atoms. The van der Waals surface area contributed by atoms with Gasteiger partial charge in [0.1, 0.15) is 5.76 Å². The van der Waals surface area contributed by atoms with E-state index in [1.54, 1.807) is 24.3 Å². The van der Waals surface area contributed by atoms with E-state index < -0.39 is 5.82 Å². The van der Waals surface area contributed by atoms with Crippen LogP contribution in [0.25, 0.3) is 0 Å². The zero-order valence-corrected chi connectivity index (χ0v) is 13.9. The number of ether oxygens (including phenoxy) is 1. The molecule has 1 aliphatic carbocycles. The van der Waals surface area contributed by atoms with Crippen LogP contribution in [0.5, 0.6) is 11.6 Å². The Kier molecular flexibility index (Phi) is 4.35. The number of fused-ring (bicyclic) bond motifs is 1. The lowest BCUT2D eigenvalue weighted by molar-refractivity contribution is 0.101. The van der Waals surface area contributed by atoms with Crippen LogP contribution in [0.1, 0.15) is 34.7 Å². The van der Waals surface area contributed by atoms with Gasteiger partial charge in [0.15, 0.2) is 17.3 Å². The maximum atomic E-state index is 13.6. The van der Waals surface area contributed by atoms with Crippen molar-refractivity contribution in [1.82, 2.24) is 10.1 Å². The number of hydrogen-bond acceptors (Lipinski definition) is 5. The number of anilines is 1. The average Bonchev–Trinajstić information content (AvgIpc) is 3.09. The minimum absolute atomic E-state index is 0.0889. The molecule has 2 heterocycles. The van der Waals surface area contributed by atoms with Gasteiger partial charge in [-0.05, 0) is 37.5 Å². The number of amides is 1. The number of carbonyl (C=O) groups excluding carboxylic acids is 1. The third-order valence-corrected chi connectivity index (χ3v) is 4.21. The van der Waals surface area contributed by atoms with Crippen molar-refractivity contribution in [3.8, 4) is 11.6 Å². The summed E-state index contributed by atoms with van der Waals surface area (Å²) < 4.78 is 24.2. The maximum Gasteiger partial charge on any atom is 0.278 e. The molecule has 0 radical (unpaired) electrons. The summed E-state index contributed by atoms with van der Waals surface area (Å²) in [4.78, 5) is 16.5. The molecule has 4 rings (SSSR count). The smallest absolute Gasteiger partial charge is 0.278 e. The van der Waals surface area contributed by atoms with Crippen molar-refractivity contribution in [2.24, 2.45) is 0 Å². The molecule has 0 aliphatic heterocycles. The fourth-order valence-electron chi connectivity index (χ4n) is 2.91. The van der Waals surface area contributed by atoms with E-state index in [1.165, 1.54) is 18.3 Å². The number of aryl methyl sites for hydroxylation is 1. The van der Waals surface area contributed by atoms with Crippen LogP contribution in [0, 0.1) is 5.82 Å². The number of halogens is 1. The van der Waals surface area contributed by atoms with Crippen LogP contribution in [-0.2, 0) is 12.8 Å². The number of para-hydroxylation sites is 1. The van der Waals surface area contributed by atoms with E-state index in [2.05, 4.69) is 15.5 Å². The molecule has 2 aromatic heterocycles. The zero-order valence-electron chi connectivity index (χ0n) is 13.9. The zero-order chi connectivity index (χ0) is 17.9. The second kappa shape index (κ2) is 6.95. The molecular formula is C19H16FN3O3. The van der Waals surface area contributed by atoms with Crippen LogP contribution in [0.2, 0.25) is 0 Å². The van der Waals surface area contributed by atoms with Crippen LogP contribution < -0.4 is 10.1 Å². The Bertz CT molecular complexity index is 937. The predicted molar refractivity (Wildman–Crippen MR) is 91.8 cm³/mol. The minimum atomic E-state index is -0.470. The van der Waals surface area contributed by atoms with Crippen LogP contribution >= 0.6 is 0 Å². The van der Waals surface area contributed by atoms with Gasteiger partial charge in [-0.2, -0.15) is 0 Å². The number of rotatable bonds is 4. The maximum absolute atomic E-state index is 13.6. The molecule has 3 aromatic rings. The highest BCUT2D eigenvalue weighted by molar-refractivity contribution is 6.03. The van der Waals surface area contributed by atoms with Crippen molar-refractivity contribution in [2.45, 2.75) is 25.7 Å². The minimum Gasteiger partial charge on any atom is -0.436 e. The summed E-state index contributed by atoms with van der Waals surface area (Å²) in [6.45, 7) is 0. The van der Waals surface area contributed by atoms with Crippen molar-refractivity contribution in [3.63, 3.8) is 0 Å². The van der Waals surface area contributed by atoms with E-state index in [0.717, 1.165) is 37.0 Å². The largest absolute Gasteiger partial charge is 0.436 e. The third kappa shape index (κ3) is 3.28. The Morgan fingerprint density at radius 3 is 2.81 bits per heavy atom. The van der Waals surface area contributed by atoms with Gasteiger partial charge in [0, 0.05) is 18.1 Å². The van der Waals surface area contributed by atoms with Crippen LogP contribution in [-0.4, -0.2) is 16.0 Å². The fraction of sp³-hybridized carbons (Fsp3) is 0.211. The van der Waals surface area contributed by atoms with Crippen molar-refractivity contribution in [2.75, 3.05) is 5.32 Å². The fourth-order valence-corrected chi connectivity index (χ4v) is 2.91. The SMILES string of the molecule is O=C(Nc1ccc(Oc2ccccc2F)nc1)c1noc2c1CCCC2. The molecule has 132 valence electrons. The van der Waals surface area contributed by atoms with E-state index in [-0.39, 0.29) is 17.5 Å². The average molecular weight is 353 g/mol. The van der Waals surface area contributed by atoms with Gasteiger partial charge in [0.2, 0.25) is 5.88 Å². The molecule has 0 bridgehead atoms. The quantitative estimate of drug-likeness (QED) is 0.763. The predicted octanol–water partition coefficient (Wildman–Crippen LogP) is 4.13. The first-order valence-corrected chi connectivity index (χ1v) is 8.38. The molecule has 0 atom stereocenters. The van der Waals surface area contributed by atoms with E-state index in [1.807, 2.05) is 0 Å². The summed E-state index contributed by atoms with van der Waals surface area (Å²) in [6, 6.07) is 9.26. The Morgan fingerprint density at radius 2 is 2.00 bits per heavy atom. The summed E-state index contributed by atoms with van der Waals surface area (Å²) >= 11 is 0. The van der Waals surface area contributed by atoms with Gasteiger partial charge in [-0.1, -0.05) is 17.3 Å². The Balaban J connectivity index is 1.45. The van der Waals surface area contributed by atoms with Crippen LogP contribution in [0.15, 0.2) is 47.1 Å². The molecule has 1 amide bonds. The standard InChI is InChI=1S/C19H16FN3O3/c20-14-6-2-4-8-16(14)25-17-10-9-12(11-21-17)22-19(24)18-13-5-1-3-7-15(13)26-23-18/h2,4,6,8-11H,1,3,5,7H2,(H,22,24). The highest BCUT2D eigenvalue weighted by Gasteiger charge is 2.24. The van der Waals surface area contributed by atoms with Gasteiger partial charge < -0.3 is 14.6 Å². The number of aromatic nitrogens is 2. The summed E-state index contributed by atoms with van der Waals surface area (Å²) in [7, 11) is 0. The highest BCUT2D eigenvalue weighted by atomic mass is 19.1. The number of hydrogen-bond donors (Lipinski definition) is 1. The Labute approximate surface area is 149 Å². The highest BCUT2D eigenvalue weighted by Crippen LogP contribution is 2.26. The lowest BCUT2D eigenvalue weighted by atomic mass is 9.96. The first-order chi connectivity index (χ1) is 12.7. The van der Waals surface area contributed by atoms with Gasteiger partial charge in [-0.25, -0.2) is 9.37 Å². The lowest BCUT2D eigenvalue weighted by Gasteiger charge is -2.09. The molecule has 6 nitrogen and oxygen atoms in total.